The third-order valence-electron chi connectivity index (χ3n) is 6.29. The van der Waals surface area contributed by atoms with E-state index in [2.05, 4.69) is 10.3 Å². The zero-order chi connectivity index (χ0) is 27.5. The molecule has 1 N–H and O–H groups in total. The molecule has 0 spiro atoms. The molecule has 0 radical (unpaired) electrons. The van der Waals surface area contributed by atoms with Gasteiger partial charge in [-0.25, -0.2) is 9.78 Å². The normalized spacial score (nSPS) is 11.8. The van der Waals surface area contributed by atoms with Crippen molar-refractivity contribution in [3.8, 4) is 23.0 Å². The number of nitrogens with zero attached hydrogens (tertiary/aromatic N) is 1. The molecule has 1 atom stereocenters. The van der Waals surface area contributed by atoms with Crippen LogP contribution in [0, 0.1) is 0 Å². The Morgan fingerprint density at radius 3 is 2.44 bits per heavy atom. The van der Waals surface area contributed by atoms with Crippen LogP contribution in [0.15, 0.2) is 77.2 Å². The molecule has 9 heteroatoms. The Morgan fingerprint density at radius 1 is 0.974 bits per heavy atom. The lowest BCUT2D eigenvalue weighted by molar-refractivity contribution is -0.124. The lowest BCUT2D eigenvalue weighted by atomic mass is 9.99. The quantitative estimate of drug-likeness (QED) is 0.212. The van der Waals surface area contributed by atoms with Gasteiger partial charge < -0.3 is 23.9 Å². The molecule has 0 aliphatic rings. The van der Waals surface area contributed by atoms with E-state index in [0.29, 0.717) is 55.7 Å². The summed E-state index contributed by atoms with van der Waals surface area (Å²) in [5, 5.41) is 4.46. The fourth-order valence-corrected chi connectivity index (χ4v) is 4.60. The SMILES string of the molecule is CCC(OC(=O)c1cccc2cccc(-c3nc4ccccc4o3)c12)C(=O)Nc1cc(Cl)c(OC)cc1OC. The van der Waals surface area contributed by atoms with Crippen molar-refractivity contribution in [2.75, 3.05) is 19.5 Å². The number of carbonyl (C=O) groups excluding carboxylic acids is 2. The summed E-state index contributed by atoms with van der Waals surface area (Å²) in [6.45, 7) is 1.75. The van der Waals surface area contributed by atoms with Gasteiger partial charge in [0.2, 0.25) is 5.89 Å². The summed E-state index contributed by atoms with van der Waals surface area (Å²) in [4.78, 5) is 31.2. The van der Waals surface area contributed by atoms with Gasteiger partial charge in [-0.1, -0.05) is 54.9 Å². The topological polar surface area (TPSA) is 99.9 Å². The van der Waals surface area contributed by atoms with Crippen molar-refractivity contribution in [1.82, 2.24) is 4.98 Å². The summed E-state index contributed by atoms with van der Waals surface area (Å²) in [7, 11) is 2.94. The number of para-hydroxylation sites is 2. The molecule has 1 heterocycles. The molecule has 1 amide bonds. The third kappa shape index (κ3) is 5.11. The van der Waals surface area contributed by atoms with Crippen molar-refractivity contribution in [2.24, 2.45) is 0 Å². The Hall–Kier alpha value is -4.56. The molecule has 1 unspecified atom stereocenters. The minimum absolute atomic E-state index is 0.243. The molecule has 5 aromatic rings. The molecular weight excluding hydrogens is 520 g/mol. The number of esters is 1. The van der Waals surface area contributed by atoms with Gasteiger partial charge in [-0.15, -0.1) is 0 Å². The predicted octanol–water partition coefficient (Wildman–Crippen LogP) is 6.89. The smallest absolute Gasteiger partial charge is 0.339 e. The molecule has 0 fully saturated rings. The number of benzene rings is 4. The number of anilines is 1. The number of fused-ring (bicyclic) bond motifs is 2. The first kappa shape index (κ1) is 26.1. The zero-order valence-electron chi connectivity index (χ0n) is 21.5. The average Bonchev–Trinajstić information content (AvgIpc) is 3.39. The molecule has 198 valence electrons. The van der Waals surface area contributed by atoms with Crippen molar-refractivity contribution < 1.29 is 28.2 Å². The largest absolute Gasteiger partial charge is 0.495 e. The van der Waals surface area contributed by atoms with Crippen LogP contribution in [0.1, 0.15) is 23.7 Å². The zero-order valence-corrected chi connectivity index (χ0v) is 22.2. The van der Waals surface area contributed by atoms with E-state index < -0.39 is 18.0 Å². The van der Waals surface area contributed by atoms with Gasteiger partial charge in [0.1, 0.15) is 17.0 Å². The average molecular weight is 545 g/mol. The van der Waals surface area contributed by atoms with Gasteiger partial charge in [0.15, 0.2) is 11.7 Å². The van der Waals surface area contributed by atoms with Crippen LogP contribution in [-0.4, -0.2) is 37.2 Å². The summed E-state index contributed by atoms with van der Waals surface area (Å²) in [5.74, 6) is -0.0375. The summed E-state index contributed by atoms with van der Waals surface area (Å²) in [6.07, 6.45) is -0.832. The third-order valence-corrected chi connectivity index (χ3v) is 6.59. The number of methoxy groups -OCH3 is 2. The summed E-state index contributed by atoms with van der Waals surface area (Å²) < 4.78 is 22.3. The minimum atomic E-state index is -1.07. The van der Waals surface area contributed by atoms with Crippen LogP contribution < -0.4 is 14.8 Å². The van der Waals surface area contributed by atoms with Crippen LogP contribution in [0.2, 0.25) is 5.02 Å². The molecule has 4 aromatic carbocycles. The highest BCUT2D eigenvalue weighted by atomic mass is 35.5. The number of hydrogen-bond donors (Lipinski definition) is 1. The highest BCUT2D eigenvalue weighted by Crippen LogP contribution is 2.36. The second-order valence-corrected chi connectivity index (χ2v) is 9.08. The minimum Gasteiger partial charge on any atom is -0.495 e. The number of amides is 1. The van der Waals surface area contributed by atoms with Crippen LogP contribution in [0.25, 0.3) is 33.3 Å². The number of carbonyl (C=O) groups is 2. The van der Waals surface area contributed by atoms with Crippen molar-refractivity contribution in [1.29, 1.82) is 0 Å². The van der Waals surface area contributed by atoms with Crippen molar-refractivity contribution in [3.05, 3.63) is 83.4 Å². The van der Waals surface area contributed by atoms with E-state index >= 15 is 0 Å². The number of halogens is 1. The number of oxazole rings is 1. The molecule has 1 aromatic heterocycles. The van der Waals surface area contributed by atoms with E-state index in [9.17, 15) is 9.59 Å². The van der Waals surface area contributed by atoms with Gasteiger partial charge in [-0.3, -0.25) is 4.79 Å². The van der Waals surface area contributed by atoms with E-state index in [4.69, 9.17) is 30.2 Å². The highest BCUT2D eigenvalue weighted by molar-refractivity contribution is 6.32. The maximum atomic E-state index is 13.5. The predicted molar refractivity (Wildman–Crippen MR) is 150 cm³/mol. The van der Waals surface area contributed by atoms with E-state index in [0.717, 1.165) is 5.39 Å². The maximum absolute atomic E-state index is 13.5. The fraction of sp³-hybridized carbons (Fsp3) is 0.167. The fourth-order valence-electron chi connectivity index (χ4n) is 4.36. The molecule has 39 heavy (non-hydrogen) atoms. The molecule has 0 aliphatic heterocycles. The standard InChI is InChI=1S/C30H25ClN2O6/c1-4-23(28(34)32-22-15-20(31)25(36-2)16-26(22)37-3)39-30(35)19-12-8-10-17-9-7-11-18(27(17)19)29-33-21-13-5-6-14-24(21)38-29/h5-16,23H,4H2,1-3H3,(H,32,34). The van der Waals surface area contributed by atoms with Gasteiger partial charge >= 0.3 is 5.97 Å². The number of hydrogen-bond acceptors (Lipinski definition) is 7. The van der Waals surface area contributed by atoms with Crippen LogP contribution in [-0.2, 0) is 9.53 Å². The van der Waals surface area contributed by atoms with Crippen molar-refractivity contribution in [3.63, 3.8) is 0 Å². The lowest BCUT2D eigenvalue weighted by Crippen LogP contribution is -2.32. The van der Waals surface area contributed by atoms with E-state index in [1.807, 2.05) is 48.5 Å². The molecule has 0 saturated carbocycles. The molecule has 8 nitrogen and oxygen atoms in total. The maximum Gasteiger partial charge on any atom is 0.339 e. The first-order valence-electron chi connectivity index (χ1n) is 12.2. The van der Waals surface area contributed by atoms with Crippen LogP contribution in [0.4, 0.5) is 5.69 Å². The number of aromatic nitrogens is 1. The summed E-state index contributed by atoms with van der Waals surface area (Å²) >= 11 is 6.24. The van der Waals surface area contributed by atoms with Crippen molar-refractivity contribution in [2.45, 2.75) is 19.4 Å². The first-order valence-corrected chi connectivity index (χ1v) is 12.6. The molecular formula is C30H25ClN2O6. The Kier molecular flexibility index (Phi) is 7.38. The highest BCUT2D eigenvalue weighted by Gasteiger charge is 2.26. The molecule has 0 bridgehead atoms. The second-order valence-electron chi connectivity index (χ2n) is 8.67. The second kappa shape index (κ2) is 11.0. The van der Waals surface area contributed by atoms with E-state index in [1.165, 1.54) is 20.3 Å². The number of ether oxygens (including phenoxy) is 3. The number of nitrogens with one attached hydrogen (secondary N) is 1. The summed E-state index contributed by atoms with van der Waals surface area (Å²) in [6, 6.07) is 21.4. The van der Waals surface area contributed by atoms with Crippen LogP contribution >= 0.6 is 11.6 Å². The van der Waals surface area contributed by atoms with Gasteiger partial charge in [0.25, 0.3) is 5.91 Å². The van der Waals surface area contributed by atoms with Gasteiger partial charge in [0.05, 0.1) is 30.5 Å². The molecule has 0 aliphatic carbocycles. The Morgan fingerprint density at radius 2 is 1.72 bits per heavy atom. The Balaban J connectivity index is 1.45. The monoisotopic (exact) mass is 544 g/mol. The molecule has 5 rings (SSSR count). The van der Waals surface area contributed by atoms with Gasteiger partial charge in [-0.05, 0) is 42.1 Å². The van der Waals surface area contributed by atoms with Crippen molar-refractivity contribution >= 4 is 51.0 Å². The first-order chi connectivity index (χ1) is 18.9. The lowest BCUT2D eigenvalue weighted by Gasteiger charge is -2.19. The van der Waals surface area contributed by atoms with Crippen LogP contribution in [0.3, 0.4) is 0 Å². The van der Waals surface area contributed by atoms with Gasteiger partial charge in [-0.2, -0.15) is 0 Å². The molecule has 0 saturated heterocycles. The van der Waals surface area contributed by atoms with Crippen LogP contribution in [0.5, 0.6) is 11.5 Å². The van der Waals surface area contributed by atoms with E-state index in [-0.39, 0.29) is 6.42 Å². The summed E-state index contributed by atoms with van der Waals surface area (Å²) in [5.41, 5.74) is 2.61. The Bertz CT molecular complexity index is 1660. The Labute approximate surface area is 229 Å². The number of rotatable bonds is 8. The van der Waals surface area contributed by atoms with Gasteiger partial charge in [0, 0.05) is 17.0 Å². The van der Waals surface area contributed by atoms with E-state index in [1.54, 1.807) is 25.1 Å².